The number of hydrogen-bond donors (Lipinski definition) is 3. The molecule has 1 aromatic heterocycles. The van der Waals surface area contributed by atoms with Gasteiger partial charge in [0, 0.05) is 23.6 Å². The van der Waals surface area contributed by atoms with Crippen LogP contribution in [0.5, 0.6) is 0 Å². The lowest BCUT2D eigenvalue weighted by Gasteiger charge is -2.06. The Labute approximate surface area is 101 Å². The highest BCUT2D eigenvalue weighted by Crippen LogP contribution is 2.11. The molecule has 0 aliphatic carbocycles. The molecular formula is C13H18N4. The third kappa shape index (κ3) is 3.24. The molecule has 0 spiro atoms. The van der Waals surface area contributed by atoms with Crippen LogP contribution in [0.4, 0.5) is 11.4 Å². The normalized spacial score (nSPS) is 10.4. The first-order chi connectivity index (χ1) is 8.25. The van der Waals surface area contributed by atoms with Gasteiger partial charge in [0.1, 0.15) is 0 Å². The molecule has 0 unspecified atom stereocenters. The molecule has 0 saturated heterocycles. The molecule has 0 saturated carbocycles. The third-order valence-corrected chi connectivity index (χ3v) is 2.80. The third-order valence-electron chi connectivity index (χ3n) is 2.80. The van der Waals surface area contributed by atoms with Gasteiger partial charge >= 0.3 is 0 Å². The fraction of sp³-hybridized carbons (Fsp3) is 0.308. The predicted octanol–water partition coefficient (Wildman–Crippen LogP) is 2.35. The van der Waals surface area contributed by atoms with Crippen LogP contribution >= 0.6 is 0 Å². The second-order valence-electron chi connectivity index (χ2n) is 4.17. The number of nitrogens with one attached hydrogen (secondary N) is 2. The van der Waals surface area contributed by atoms with Crippen molar-refractivity contribution in [3.05, 3.63) is 41.7 Å². The molecule has 0 bridgehead atoms. The standard InChI is InChI=1S/C13H18N4/c1-10-11(9-16-17-10)3-2-8-15-13-6-4-12(14)5-7-13/h4-7,9,15H,2-3,8,14H2,1H3,(H,16,17). The lowest BCUT2D eigenvalue weighted by atomic mass is 10.1. The fourth-order valence-electron chi connectivity index (χ4n) is 1.74. The molecule has 4 N–H and O–H groups in total. The van der Waals surface area contributed by atoms with Gasteiger partial charge in [-0.25, -0.2) is 0 Å². The first-order valence-corrected chi connectivity index (χ1v) is 5.84. The number of aromatic nitrogens is 2. The van der Waals surface area contributed by atoms with Crippen LogP contribution in [0.15, 0.2) is 30.5 Å². The molecule has 0 amide bonds. The molecule has 0 fully saturated rings. The minimum absolute atomic E-state index is 0.796. The number of aromatic amines is 1. The molecule has 0 radical (unpaired) electrons. The fourth-order valence-corrected chi connectivity index (χ4v) is 1.74. The Morgan fingerprint density at radius 3 is 2.71 bits per heavy atom. The van der Waals surface area contributed by atoms with E-state index in [1.807, 2.05) is 30.5 Å². The minimum atomic E-state index is 0.796. The van der Waals surface area contributed by atoms with E-state index in [4.69, 9.17) is 5.73 Å². The van der Waals surface area contributed by atoms with E-state index in [0.29, 0.717) is 0 Å². The van der Waals surface area contributed by atoms with Crippen molar-refractivity contribution < 1.29 is 0 Å². The summed E-state index contributed by atoms with van der Waals surface area (Å²) >= 11 is 0. The smallest absolute Gasteiger partial charge is 0.0522 e. The van der Waals surface area contributed by atoms with Gasteiger partial charge in [-0.05, 0) is 49.6 Å². The van der Waals surface area contributed by atoms with Crippen LogP contribution in [0.2, 0.25) is 0 Å². The van der Waals surface area contributed by atoms with Crippen LogP contribution in [0.1, 0.15) is 17.7 Å². The molecule has 1 heterocycles. The van der Waals surface area contributed by atoms with Crippen LogP contribution in [0.25, 0.3) is 0 Å². The topological polar surface area (TPSA) is 66.7 Å². The number of nitrogen functional groups attached to an aromatic ring is 1. The highest BCUT2D eigenvalue weighted by Gasteiger charge is 1.99. The van der Waals surface area contributed by atoms with E-state index < -0.39 is 0 Å². The van der Waals surface area contributed by atoms with Crippen LogP contribution in [0, 0.1) is 6.92 Å². The second kappa shape index (κ2) is 5.39. The van der Waals surface area contributed by atoms with Gasteiger partial charge in [0.2, 0.25) is 0 Å². The maximum Gasteiger partial charge on any atom is 0.0522 e. The Morgan fingerprint density at radius 1 is 1.29 bits per heavy atom. The van der Waals surface area contributed by atoms with Crippen LogP contribution < -0.4 is 11.1 Å². The molecule has 0 aliphatic heterocycles. The molecule has 4 nitrogen and oxygen atoms in total. The van der Waals surface area contributed by atoms with Crippen LogP contribution in [-0.2, 0) is 6.42 Å². The van der Waals surface area contributed by atoms with Crippen molar-refractivity contribution in [2.75, 3.05) is 17.6 Å². The van der Waals surface area contributed by atoms with Gasteiger partial charge < -0.3 is 11.1 Å². The number of aryl methyl sites for hydroxylation is 2. The number of benzene rings is 1. The largest absolute Gasteiger partial charge is 0.399 e. The van der Waals surface area contributed by atoms with Crippen molar-refractivity contribution in [3.8, 4) is 0 Å². The molecule has 2 rings (SSSR count). The zero-order chi connectivity index (χ0) is 12.1. The van der Waals surface area contributed by atoms with Crippen molar-refractivity contribution in [2.24, 2.45) is 0 Å². The van der Waals surface area contributed by atoms with Crippen molar-refractivity contribution >= 4 is 11.4 Å². The molecule has 2 aromatic rings. The summed E-state index contributed by atoms with van der Waals surface area (Å²) in [6.45, 7) is 3.00. The van der Waals surface area contributed by atoms with E-state index in [1.165, 1.54) is 5.56 Å². The Kier molecular flexibility index (Phi) is 3.65. The molecule has 17 heavy (non-hydrogen) atoms. The molecule has 1 aromatic carbocycles. The van der Waals surface area contributed by atoms with Crippen molar-refractivity contribution in [2.45, 2.75) is 19.8 Å². The average Bonchev–Trinajstić information content (AvgIpc) is 2.73. The Morgan fingerprint density at radius 2 is 2.06 bits per heavy atom. The van der Waals surface area contributed by atoms with E-state index in [0.717, 1.165) is 36.5 Å². The quantitative estimate of drug-likeness (QED) is 0.545. The van der Waals surface area contributed by atoms with Crippen molar-refractivity contribution in [3.63, 3.8) is 0 Å². The highest BCUT2D eigenvalue weighted by molar-refractivity contribution is 5.51. The number of H-pyrrole nitrogens is 1. The van der Waals surface area contributed by atoms with Gasteiger partial charge in [0.15, 0.2) is 0 Å². The summed E-state index contributed by atoms with van der Waals surface area (Å²) in [6.07, 6.45) is 4.04. The maximum atomic E-state index is 5.62. The molecule has 90 valence electrons. The van der Waals surface area contributed by atoms with E-state index in [9.17, 15) is 0 Å². The van der Waals surface area contributed by atoms with E-state index >= 15 is 0 Å². The van der Waals surface area contributed by atoms with Gasteiger partial charge in [0.05, 0.1) is 6.20 Å². The molecule has 4 heteroatoms. The van der Waals surface area contributed by atoms with Gasteiger partial charge in [-0.1, -0.05) is 0 Å². The summed E-state index contributed by atoms with van der Waals surface area (Å²) in [5, 5.41) is 10.3. The highest BCUT2D eigenvalue weighted by atomic mass is 15.1. The van der Waals surface area contributed by atoms with Gasteiger partial charge in [-0.15, -0.1) is 0 Å². The number of anilines is 2. The number of nitrogens with two attached hydrogens (primary N) is 1. The van der Waals surface area contributed by atoms with E-state index in [1.54, 1.807) is 0 Å². The number of rotatable bonds is 5. The number of nitrogens with zero attached hydrogens (tertiary/aromatic N) is 1. The first kappa shape index (κ1) is 11.5. The van der Waals surface area contributed by atoms with Crippen molar-refractivity contribution in [1.29, 1.82) is 0 Å². The van der Waals surface area contributed by atoms with Crippen LogP contribution in [-0.4, -0.2) is 16.7 Å². The Bertz CT molecular complexity index is 459. The Balaban J connectivity index is 1.73. The lowest BCUT2D eigenvalue weighted by Crippen LogP contribution is -2.03. The van der Waals surface area contributed by atoms with E-state index in [-0.39, 0.29) is 0 Å². The summed E-state index contributed by atoms with van der Waals surface area (Å²) in [5.41, 5.74) is 9.99. The molecule has 0 aliphatic rings. The number of hydrogen-bond acceptors (Lipinski definition) is 3. The average molecular weight is 230 g/mol. The molecular weight excluding hydrogens is 212 g/mol. The van der Waals surface area contributed by atoms with Gasteiger partial charge in [-0.3, -0.25) is 5.10 Å². The van der Waals surface area contributed by atoms with Crippen LogP contribution in [0.3, 0.4) is 0 Å². The van der Waals surface area contributed by atoms with E-state index in [2.05, 4.69) is 22.4 Å². The summed E-state index contributed by atoms with van der Waals surface area (Å²) in [4.78, 5) is 0. The maximum absolute atomic E-state index is 5.62. The molecule has 0 atom stereocenters. The van der Waals surface area contributed by atoms with Gasteiger partial charge in [-0.2, -0.15) is 5.10 Å². The minimum Gasteiger partial charge on any atom is -0.399 e. The van der Waals surface area contributed by atoms with Gasteiger partial charge in [0.25, 0.3) is 0 Å². The lowest BCUT2D eigenvalue weighted by molar-refractivity contribution is 0.857. The zero-order valence-corrected chi connectivity index (χ0v) is 10.0. The summed E-state index contributed by atoms with van der Waals surface area (Å²) in [6, 6.07) is 7.81. The second-order valence-corrected chi connectivity index (χ2v) is 4.17. The first-order valence-electron chi connectivity index (χ1n) is 5.84. The summed E-state index contributed by atoms with van der Waals surface area (Å²) in [5.74, 6) is 0. The SMILES string of the molecule is Cc1[nH]ncc1CCCNc1ccc(N)cc1. The Hall–Kier alpha value is -1.97. The summed E-state index contributed by atoms with van der Waals surface area (Å²) in [7, 11) is 0. The predicted molar refractivity (Wildman–Crippen MR) is 71.0 cm³/mol. The summed E-state index contributed by atoms with van der Waals surface area (Å²) < 4.78 is 0. The van der Waals surface area contributed by atoms with Crippen molar-refractivity contribution in [1.82, 2.24) is 10.2 Å². The zero-order valence-electron chi connectivity index (χ0n) is 10.0. The monoisotopic (exact) mass is 230 g/mol.